The van der Waals surface area contributed by atoms with Gasteiger partial charge < -0.3 is 10.1 Å². The van der Waals surface area contributed by atoms with Gasteiger partial charge in [0.15, 0.2) is 0 Å². The predicted molar refractivity (Wildman–Crippen MR) is 106 cm³/mol. The number of halogens is 3. The molecule has 0 spiro atoms. The highest BCUT2D eigenvalue weighted by Gasteiger charge is 2.40. The molecule has 1 aromatic carbocycles. The summed E-state index contributed by atoms with van der Waals surface area (Å²) in [7, 11) is -2.86. The first-order valence-electron chi connectivity index (χ1n) is 9.56. The van der Waals surface area contributed by atoms with E-state index in [1.54, 1.807) is 18.3 Å². The van der Waals surface area contributed by atoms with Crippen molar-refractivity contribution in [2.75, 3.05) is 20.2 Å². The molecule has 0 bridgehead atoms. The molecule has 1 N–H and O–H groups in total. The molecule has 7 nitrogen and oxygen atoms in total. The van der Waals surface area contributed by atoms with Gasteiger partial charge in [-0.05, 0) is 31.0 Å². The van der Waals surface area contributed by atoms with Crippen LogP contribution in [0.5, 0.6) is 5.88 Å². The smallest absolute Gasteiger partial charge is 0.417 e. The minimum Gasteiger partial charge on any atom is -0.481 e. The number of nitrogens with zero attached hydrogens (tertiary/aromatic N) is 2. The Morgan fingerprint density at radius 2 is 1.87 bits per heavy atom. The van der Waals surface area contributed by atoms with Crippen LogP contribution in [0.25, 0.3) is 0 Å². The molecular formula is C20H22F3N3O4S. The third kappa shape index (κ3) is 5.16. The number of nitrogens with one attached hydrogen (secondary N) is 1. The number of pyridine rings is 1. The van der Waals surface area contributed by atoms with Crippen molar-refractivity contribution in [2.24, 2.45) is 5.92 Å². The summed E-state index contributed by atoms with van der Waals surface area (Å²) in [6.07, 6.45) is -2.79. The third-order valence-corrected chi connectivity index (χ3v) is 7.09. The Bertz CT molecular complexity index is 1040. The van der Waals surface area contributed by atoms with Gasteiger partial charge in [0.1, 0.15) is 0 Å². The maximum atomic E-state index is 13.2. The number of benzene rings is 1. The van der Waals surface area contributed by atoms with Gasteiger partial charge in [-0.2, -0.15) is 17.5 Å². The first kappa shape index (κ1) is 23.0. The van der Waals surface area contributed by atoms with Gasteiger partial charge >= 0.3 is 6.18 Å². The predicted octanol–water partition coefficient (Wildman–Crippen LogP) is 2.83. The largest absolute Gasteiger partial charge is 0.481 e. The number of carbonyl (C=O) groups is 1. The van der Waals surface area contributed by atoms with Crippen LogP contribution in [0.3, 0.4) is 0 Å². The molecule has 11 heteroatoms. The second-order valence-electron chi connectivity index (χ2n) is 7.06. The number of carbonyl (C=O) groups excluding carboxylic acids is 1. The van der Waals surface area contributed by atoms with E-state index in [1.807, 2.05) is 0 Å². The van der Waals surface area contributed by atoms with Gasteiger partial charge in [-0.3, -0.25) is 4.79 Å². The second-order valence-corrected chi connectivity index (χ2v) is 8.97. The Morgan fingerprint density at radius 3 is 2.52 bits per heavy atom. The van der Waals surface area contributed by atoms with Crippen LogP contribution >= 0.6 is 0 Å². The topological polar surface area (TPSA) is 88.6 Å². The van der Waals surface area contributed by atoms with Crippen molar-refractivity contribution in [3.8, 4) is 5.88 Å². The van der Waals surface area contributed by atoms with E-state index < -0.39 is 32.6 Å². The van der Waals surface area contributed by atoms with E-state index in [4.69, 9.17) is 4.74 Å². The minimum atomic E-state index is -4.78. The number of amides is 1. The Balaban J connectivity index is 1.63. The van der Waals surface area contributed by atoms with Crippen molar-refractivity contribution in [3.05, 3.63) is 53.7 Å². The van der Waals surface area contributed by atoms with Crippen molar-refractivity contribution in [1.82, 2.24) is 14.6 Å². The lowest BCUT2D eigenvalue weighted by atomic mass is 9.97. The molecule has 1 aliphatic heterocycles. The van der Waals surface area contributed by atoms with Gasteiger partial charge in [0.25, 0.3) is 0 Å². The second kappa shape index (κ2) is 9.23. The summed E-state index contributed by atoms with van der Waals surface area (Å²) in [5.41, 5.74) is -0.498. The number of hydrogen-bond donors (Lipinski definition) is 1. The van der Waals surface area contributed by atoms with E-state index in [9.17, 15) is 26.4 Å². The van der Waals surface area contributed by atoms with Gasteiger partial charge in [0.2, 0.25) is 21.8 Å². The van der Waals surface area contributed by atoms with E-state index in [2.05, 4.69) is 10.3 Å². The fraction of sp³-hybridized carbons (Fsp3) is 0.400. The van der Waals surface area contributed by atoms with Crippen LogP contribution in [0.4, 0.5) is 13.2 Å². The van der Waals surface area contributed by atoms with Gasteiger partial charge in [-0.15, -0.1) is 0 Å². The highest BCUT2D eigenvalue weighted by molar-refractivity contribution is 7.89. The maximum absolute atomic E-state index is 13.2. The number of methoxy groups -OCH3 is 1. The number of aromatic nitrogens is 1. The van der Waals surface area contributed by atoms with Gasteiger partial charge in [0.05, 0.1) is 17.6 Å². The fourth-order valence-corrected chi connectivity index (χ4v) is 5.17. The molecular weight excluding hydrogens is 435 g/mol. The first-order valence-corrected chi connectivity index (χ1v) is 11.0. The van der Waals surface area contributed by atoms with Crippen LogP contribution < -0.4 is 10.1 Å². The van der Waals surface area contributed by atoms with Crippen LogP contribution in [-0.4, -0.2) is 43.8 Å². The summed E-state index contributed by atoms with van der Waals surface area (Å²) in [5, 5.41) is 2.78. The molecule has 1 aliphatic rings. The SMILES string of the molecule is COc1ncccc1CNC(=O)C1CCN(S(=O)(=O)c2ccccc2C(F)(F)F)CC1. The van der Waals surface area contributed by atoms with Crippen molar-refractivity contribution >= 4 is 15.9 Å². The lowest BCUT2D eigenvalue weighted by molar-refractivity contribution is -0.139. The molecule has 0 saturated carbocycles. The summed E-state index contributed by atoms with van der Waals surface area (Å²) in [4.78, 5) is 15.8. The Morgan fingerprint density at radius 1 is 1.19 bits per heavy atom. The number of rotatable bonds is 6. The molecule has 1 amide bonds. The summed E-state index contributed by atoms with van der Waals surface area (Å²) in [6.45, 7) is 0.124. The van der Waals surface area contributed by atoms with E-state index in [0.717, 1.165) is 22.5 Å². The maximum Gasteiger partial charge on any atom is 0.417 e. The van der Waals surface area contributed by atoms with Crippen molar-refractivity contribution in [3.63, 3.8) is 0 Å². The number of piperidine rings is 1. The number of sulfonamides is 1. The summed E-state index contributed by atoms with van der Waals surface area (Å²) in [5.74, 6) is -0.294. The molecule has 0 radical (unpaired) electrons. The average molecular weight is 457 g/mol. The molecule has 31 heavy (non-hydrogen) atoms. The Hall–Kier alpha value is -2.66. The zero-order chi connectivity index (χ0) is 22.6. The molecule has 168 valence electrons. The fourth-order valence-electron chi connectivity index (χ4n) is 3.49. The third-order valence-electron chi connectivity index (χ3n) is 5.13. The van der Waals surface area contributed by atoms with Crippen LogP contribution in [-0.2, 0) is 27.5 Å². The number of ether oxygens (including phenoxy) is 1. The average Bonchev–Trinajstić information content (AvgIpc) is 2.77. The molecule has 2 heterocycles. The highest BCUT2D eigenvalue weighted by atomic mass is 32.2. The lowest BCUT2D eigenvalue weighted by Crippen LogP contribution is -2.43. The Labute approximate surface area is 178 Å². The normalized spacial score (nSPS) is 16.1. The Kier molecular flexibility index (Phi) is 6.85. The van der Waals surface area contributed by atoms with E-state index in [1.165, 1.54) is 13.2 Å². The molecule has 3 rings (SSSR count). The van der Waals surface area contributed by atoms with E-state index in [0.29, 0.717) is 11.4 Å². The zero-order valence-electron chi connectivity index (χ0n) is 16.7. The molecule has 0 atom stereocenters. The van der Waals surface area contributed by atoms with Crippen LogP contribution in [0, 0.1) is 5.92 Å². The molecule has 1 fully saturated rings. The monoisotopic (exact) mass is 457 g/mol. The van der Waals surface area contributed by atoms with Gasteiger partial charge in [-0.25, -0.2) is 13.4 Å². The molecule has 0 unspecified atom stereocenters. The summed E-state index contributed by atoms with van der Waals surface area (Å²) >= 11 is 0. The van der Waals surface area contributed by atoms with Crippen LogP contribution in [0.15, 0.2) is 47.5 Å². The van der Waals surface area contributed by atoms with Crippen molar-refractivity contribution in [1.29, 1.82) is 0 Å². The van der Waals surface area contributed by atoms with Gasteiger partial charge in [-0.1, -0.05) is 18.2 Å². The molecule has 0 aliphatic carbocycles. The summed E-state index contributed by atoms with van der Waals surface area (Å²) < 4.78 is 71.5. The quantitative estimate of drug-likeness (QED) is 0.721. The number of alkyl halides is 3. The minimum absolute atomic E-state index is 0.0389. The lowest BCUT2D eigenvalue weighted by Gasteiger charge is -2.31. The summed E-state index contributed by atoms with van der Waals surface area (Å²) in [6, 6.07) is 7.59. The van der Waals surface area contributed by atoms with Crippen LogP contribution in [0.2, 0.25) is 0 Å². The van der Waals surface area contributed by atoms with E-state index >= 15 is 0 Å². The number of hydrogen-bond acceptors (Lipinski definition) is 5. The first-order chi connectivity index (χ1) is 14.6. The van der Waals surface area contributed by atoms with E-state index in [-0.39, 0.29) is 38.4 Å². The standard InChI is InChI=1S/C20H22F3N3O4S/c1-30-19-15(5-4-10-24-19)13-25-18(27)14-8-11-26(12-9-14)31(28,29)17-7-3-2-6-16(17)20(21,22)23/h2-7,10,14H,8-9,11-13H2,1H3,(H,25,27). The zero-order valence-corrected chi connectivity index (χ0v) is 17.5. The molecule has 1 aromatic heterocycles. The molecule has 1 saturated heterocycles. The van der Waals surface area contributed by atoms with Crippen molar-refractivity contribution in [2.45, 2.75) is 30.5 Å². The highest BCUT2D eigenvalue weighted by Crippen LogP contribution is 2.36. The molecule has 2 aromatic rings. The van der Waals surface area contributed by atoms with Gasteiger partial charge in [0, 0.05) is 37.3 Å². The van der Waals surface area contributed by atoms with Crippen molar-refractivity contribution < 1.29 is 31.1 Å². The van der Waals surface area contributed by atoms with Crippen LogP contribution in [0.1, 0.15) is 24.0 Å².